The van der Waals surface area contributed by atoms with E-state index in [1.165, 1.54) is 0 Å². The van der Waals surface area contributed by atoms with Gasteiger partial charge in [0.25, 0.3) is 0 Å². The van der Waals surface area contributed by atoms with Crippen molar-refractivity contribution in [1.82, 2.24) is 0 Å². The molecule has 0 spiro atoms. The topological polar surface area (TPSA) is 44.8 Å². The third kappa shape index (κ3) is 2.28. The van der Waals surface area contributed by atoms with Crippen LogP contribution < -0.4 is 0 Å². The first-order chi connectivity index (χ1) is 9.08. The summed E-state index contributed by atoms with van der Waals surface area (Å²) in [6.45, 7) is 11.1. The van der Waals surface area contributed by atoms with E-state index in [9.17, 15) is 4.79 Å². The third-order valence-corrected chi connectivity index (χ3v) is 10.1. The highest BCUT2D eigenvalue weighted by molar-refractivity contribution is 6.74. The molecule has 0 amide bonds. The Bertz CT molecular complexity index is 395. The quantitative estimate of drug-likeness (QED) is 0.591. The fourth-order valence-corrected chi connectivity index (χ4v) is 4.58. The Morgan fingerprint density at radius 2 is 1.75 bits per heavy atom. The number of Topliss-reactive ketones (excluding diaryl/α,β-unsaturated/α-hetero) is 1. The minimum absolute atomic E-state index is 0.0537. The Hall–Kier alpha value is -0.233. The number of ketones is 1. The van der Waals surface area contributed by atoms with Crippen LogP contribution in [0.1, 0.15) is 33.6 Å². The molecule has 20 heavy (non-hydrogen) atoms. The molecule has 0 aromatic rings. The summed E-state index contributed by atoms with van der Waals surface area (Å²) in [5.74, 6) is -0.198. The summed E-state index contributed by atoms with van der Waals surface area (Å²) < 4.78 is 17.6. The first kappa shape index (κ1) is 16.1. The maximum absolute atomic E-state index is 12.1. The van der Waals surface area contributed by atoms with E-state index in [0.29, 0.717) is 18.6 Å². The molecule has 2 saturated carbocycles. The molecule has 0 aliphatic heterocycles. The number of hydrogen-bond donors (Lipinski definition) is 0. The van der Waals surface area contributed by atoms with E-state index < -0.39 is 14.1 Å². The Labute approximate surface area is 123 Å². The lowest BCUT2D eigenvalue weighted by atomic mass is 9.69. The highest BCUT2D eigenvalue weighted by Crippen LogP contribution is 2.56. The molecule has 2 aliphatic rings. The summed E-state index contributed by atoms with van der Waals surface area (Å²) in [6.07, 6.45) is 1.12. The summed E-state index contributed by atoms with van der Waals surface area (Å²) >= 11 is 0. The van der Waals surface area contributed by atoms with Crippen LogP contribution >= 0.6 is 0 Å². The molecule has 0 aromatic heterocycles. The zero-order chi connectivity index (χ0) is 15.3. The number of hydrogen-bond acceptors (Lipinski definition) is 4. The zero-order valence-electron chi connectivity index (χ0n) is 13.8. The molecule has 0 radical (unpaired) electrons. The average Bonchev–Trinajstić information content (AvgIpc) is 2.50. The van der Waals surface area contributed by atoms with Crippen LogP contribution in [0.3, 0.4) is 0 Å². The molecule has 116 valence electrons. The van der Waals surface area contributed by atoms with Gasteiger partial charge in [-0.15, -0.1) is 0 Å². The third-order valence-electron chi connectivity index (χ3n) is 5.61. The molecule has 3 atom stereocenters. The van der Waals surface area contributed by atoms with Crippen LogP contribution in [0.15, 0.2) is 0 Å². The van der Waals surface area contributed by atoms with Gasteiger partial charge in [0.05, 0.1) is 6.10 Å². The van der Waals surface area contributed by atoms with Crippen molar-refractivity contribution in [2.24, 2.45) is 11.8 Å². The molecule has 0 bridgehead atoms. The second-order valence-electron chi connectivity index (χ2n) is 7.64. The fraction of sp³-hybridized carbons (Fsp3) is 0.933. The minimum Gasteiger partial charge on any atom is -0.413 e. The van der Waals surface area contributed by atoms with Gasteiger partial charge in [-0.05, 0) is 18.1 Å². The van der Waals surface area contributed by atoms with Gasteiger partial charge in [0.15, 0.2) is 14.1 Å². The molecule has 0 aromatic carbocycles. The predicted octanol–water partition coefficient (Wildman–Crippen LogP) is 2.97. The molecule has 0 unspecified atom stereocenters. The van der Waals surface area contributed by atoms with Gasteiger partial charge in [0, 0.05) is 38.9 Å². The van der Waals surface area contributed by atoms with Crippen molar-refractivity contribution in [3.05, 3.63) is 0 Å². The van der Waals surface area contributed by atoms with E-state index in [4.69, 9.17) is 13.9 Å². The van der Waals surface area contributed by atoms with Gasteiger partial charge in [-0.2, -0.15) is 0 Å². The molecule has 4 nitrogen and oxygen atoms in total. The lowest BCUT2D eigenvalue weighted by Crippen LogP contribution is -2.60. The smallest absolute Gasteiger partial charge is 0.192 e. The summed E-state index contributed by atoms with van der Waals surface area (Å²) in [5.41, 5.74) is 0. The number of fused-ring (bicyclic) bond motifs is 1. The molecule has 5 heteroatoms. The van der Waals surface area contributed by atoms with Crippen LogP contribution in [0.25, 0.3) is 0 Å². The SMILES string of the molecule is COC1(OC)C[C@H]2C(=O)C[C@H](O[Si](C)(C)C(C)(C)C)[C@H]21. The van der Waals surface area contributed by atoms with Gasteiger partial charge < -0.3 is 13.9 Å². The van der Waals surface area contributed by atoms with Crippen LogP contribution in [-0.2, 0) is 18.7 Å². The Morgan fingerprint density at radius 1 is 1.20 bits per heavy atom. The van der Waals surface area contributed by atoms with E-state index in [1.807, 2.05) is 0 Å². The normalized spacial score (nSPS) is 33.0. The Kier molecular flexibility index (Phi) is 3.96. The minimum atomic E-state index is -1.89. The zero-order valence-corrected chi connectivity index (χ0v) is 14.8. The van der Waals surface area contributed by atoms with Crippen LogP contribution in [0, 0.1) is 11.8 Å². The molecule has 2 rings (SSSR count). The van der Waals surface area contributed by atoms with Gasteiger partial charge in [-0.25, -0.2) is 0 Å². The largest absolute Gasteiger partial charge is 0.413 e. The predicted molar refractivity (Wildman–Crippen MR) is 80.0 cm³/mol. The fourth-order valence-electron chi connectivity index (χ4n) is 3.24. The summed E-state index contributed by atoms with van der Waals surface area (Å²) in [7, 11) is 1.43. The lowest BCUT2D eigenvalue weighted by molar-refractivity contribution is -0.311. The lowest BCUT2D eigenvalue weighted by Gasteiger charge is -2.52. The summed E-state index contributed by atoms with van der Waals surface area (Å²) in [6, 6.07) is 0. The van der Waals surface area contributed by atoms with E-state index in [1.54, 1.807) is 14.2 Å². The van der Waals surface area contributed by atoms with Crippen molar-refractivity contribution in [3.63, 3.8) is 0 Å². The maximum atomic E-state index is 12.1. The van der Waals surface area contributed by atoms with E-state index in [2.05, 4.69) is 33.9 Å². The van der Waals surface area contributed by atoms with Crippen molar-refractivity contribution in [1.29, 1.82) is 0 Å². The molecule has 0 heterocycles. The number of rotatable bonds is 4. The van der Waals surface area contributed by atoms with Gasteiger partial charge in [-0.3, -0.25) is 4.79 Å². The highest BCUT2D eigenvalue weighted by Gasteiger charge is 2.65. The van der Waals surface area contributed by atoms with Crippen LogP contribution in [0.4, 0.5) is 0 Å². The second kappa shape index (κ2) is 4.90. The molecule has 2 fully saturated rings. The van der Waals surface area contributed by atoms with E-state index in [-0.39, 0.29) is 23.0 Å². The van der Waals surface area contributed by atoms with E-state index in [0.717, 1.165) is 0 Å². The summed E-state index contributed by atoms with van der Waals surface area (Å²) in [5, 5.41) is 0.140. The van der Waals surface area contributed by atoms with Gasteiger partial charge >= 0.3 is 0 Å². The molecular formula is C15H28O4Si. The number of ether oxygens (including phenoxy) is 2. The van der Waals surface area contributed by atoms with Crippen molar-refractivity contribution < 1.29 is 18.7 Å². The monoisotopic (exact) mass is 300 g/mol. The highest BCUT2D eigenvalue weighted by atomic mass is 28.4. The van der Waals surface area contributed by atoms with Crippen LogP contribution in [-0.4, -0.2) is 40.2 Å². The Morgan fingerprint density at radius 3 is 2.20 bits per heavy atom. The summed E-state index contributed by atoms with van der Waals surface area (Å²) in [4.78, 5) is 12.1. The number of carbonyl (C=O) groups is 1. The Balaban J connectivity index is 2.19. The average molecular weight is 300 g/mol. The van der Waals surface area contributed by atoms with Crippen molar-refractivity contribution >= 4 is 14.1 Å². The van der Waals surface area contributed by atoms with Gasteiger partial charge in [0.1, 0.15) is 5.78 Å². The first-order valence-corrected chi connectivity index (χ1v) is 10.3. The number of carbonyl (C=O) groups excluding carboxylic acids is 1. The second-order valence-corrected chi connectivity index (χ2v) is 12.4. The molecular weight excluding hydrogens is 272 g/mol. The van der Waals surface area contributed by atoms with E-state index >= 15 is 0 Å². The molecule has 2 aliphatic carbocycles. The van der Waals surface area contributed by atoms with Gasteiger partial charge in [0.2, 0.25) is 0 Å². The standard InChI is InChI=1S/C15H28O4Si/c1-14(2,3)20(6,7)19-12-8-11(16)10-9-15(17-4,18-5)13(10)12/h10,12-13H,8-9H2,1-7H3/t10-,12-,13-/m0/s1. The molecule has 0 saturated heterocycles. The maximum Gasteiger partial charge on any atom is 0.192 e. The first-order valence-electron chi connectivity index (χ1n) is 7.39. The number of methoxy groups -OCH3 is 2. The van der Waals surface area contributed by atoms with Gasteiger partial charge in [-0.1, -0.05) is 20.8 Å². The van der Waals surface area contributed by atoms with Crippen molar-refractivity contribution in [2.45, 2.75) is 63.6 Å². The van der Waals surface area contributed by atoms with Crippen molar-refractivity contribution in [3.8, 4) is 0 Å². The van der Waals surface area contributed by atoms with Crippen LogP contribution in [0.2, 0.25) is 18.1 Å². The van der Waals surface area contributed by atoms with Crippen LogP contribution in [0.5, 0.6) is 0 Å². The molecule has 0 N–H and O–H groups in total. The van der Waals surface area contributed by atoms with Crippen molar-refractivity contribution in [2.75, 3.05) is 14.2 Å².